The molecule has 1 atom stereocenters. The third-order valence-electron chi connectivity index (χ3n) is 6.76. The molecule has 1 fully saturated rings. The number of aromatic amines is 1. The molecule has 1 aliphatic heterocycles. The number of hydrogen-bond acceptors (Lipinski definition) is 9. The van der Waals surface area contributed by atoms with E-state index in [1.54, 1.807) is 23.4 Å². The number of aromatic nitrogens is 5. The Morgan fingerprint density at radius 2 is 2.10 bits per heavy atom. The second kappa shape index (κ2) is 14.9. The number of likely N-dealkylation sites (tertiary alicyclic amines) is 1. The molecule has 12 nitrogen and oxygen atoms in total. The summed E-state index contributed by atoms with van der Waals surface area (Å²) >= 11 is 0. The molecule has 0 bridgehead atoms. The van der Waals surface area contributed by atoms with E-state index in [1.807, 2.05) is 38.1 Å². The number of pyridine rings is 1. The molecule has 0 spiro atoms. The molecule has 2 amide bonds. The molecule has 4 rings (SSSR count). The summed E-state index contributed by atoms with van der Waals surface area (Å²) in [4.78, 5) is 42.4. The highest BCUT2D eigenvalue weighted by Gasteiger charge is 2.32. The van der Waals surface area contributed by atoms with Crippen LogP contribution in [-0.4, -0.2) is 93.1 Å². The molecule has 3 aromatic heterocycles. The van der Waals surface area contributed by atoms with Gasteiger partial charge in [0.2, 0.25) is 17.8 Å². The third kappa shape index (κ3) is 8.27. The van der Waals surface area contributed by atoms with Gasteiger partial charge >= 0.3 is 0 Å². The summed E-state index contributed by atoms with van der Waals surface area (Å²) in [6.07, 6.45) is 10.5. The summed E-state index contributed by atoms with van der Waals surface area (Å²) in [6.45, 7) is 6.58. The van der Waals surface area contributed by atoms with Crippen LogP contribution in [-0.2, 0) is 9.59 Å². The zero-order chi connectivity index (χ0) is 29.9. The van der Waals surface area contributed by atoms with Crippen LogP contribution in [0.1, 0.15) is 50.3 Å². The number of anilines is 3. The molecule has 0 aliphatic carbocycles. The van der Waals surface area contributed by atoms with Gasteiger partial charge in [-0.05, 0) is 52.8 Å². The number of H-pyrrole nitrogens is 1. The van der Waals surface area contributed by atoms with Crippen LogP contribution in [0.4, 0.5) is 17.5 Å². The maximum atomic E-state index is 12.8. The highest BCUT2D eigenvalue weighted by atomic mass is 16.2. The number of hydrogen-bond donors (Lipinski definition) is 4. The van der Waals surface area contributed by atoms with Crippen LogP contribution < -0.4 is 16.0 Å². The minimum Gasteiger partial charge on any atom is -0.369 e. The van der Waals surface area contributed by atoms with Crippen molar-refractivity contribution in [3.8, 4) is 11.8 Å². The number of fused-ring (bicyclic) bond motifs is 1. The number of amides is 2. The van der Waals surface area contributed by atoms with E-state index in [4.69, 9.17) is 0 Å². The lowest BCUT2D eigenvalue weighted by Crippen LogP contribution is -2.45. The Balaban J connectivity index is 1.29. The number of unbranched alkanes of at least 4 members (excludes halogenated alkanes) is 1. The van der Waals surface area contributed by atoms with Gasteiger partial charge in [0.05, 0.1) is 23.6 Å². The molecular weight excluding hydrogens is 532 g/mol. The fraction of sp³-hybridized carbons (Fsp3) is 0.467. The standard InChI is InChI=1S/C30H40N10O2/c1-5-14-31-27-22(19-34-30(36-27)35-23-18-24-21(2)37-38-28(24)33-20-23)11-7-6-8-15-32-29(42)25-12-9-17-40(25)26(41)13-10-16-39(3)4/h10,13,18-20,25H,5-6,8-9,12,14-17H2,1-4H3,(H,32,42)(H,33,37,38)(H2,31,34,35,36)/t25-/m0/s1. The normalized spacial score (nSPS) is 14.8. The number of rotatable bonds is 12. The van der Waals surface area contributed by atoms with E-state index in [9.17, 15) is 9.59 Å². The first-order valence-corrected chi connectivity index (χ1v) is 14.4. The summed E-state index contributed by atoms with van der Waals surface area (Å²) in [6, 6.07) is 1.55. The fourth-order valence-corrected chi connectivity index (χ4v) is 4.56. The van der Waals surface area contributed by atoms with E-state index in [2.05, 4.69) is 59.9 Å². The highest BCUT2D eigenvalue weighted by Crippen LogP contribution is 2.21. The average Bonchev–Trinajstić information content (AvgIpc) is 3.61. The Bertz CT molecular complexity index is 1470. The average molecular weight is 573 g/mol. The predicted molar refractivity (Wildman–Crippen MR) is 164 cm³/mol. The van der Waals surface area contributed by atoms with E-state index in [0.29, 0.717) is 61.9 Å². The van der Waals surface area contributed by atoms with Crippen molar-refractivity contribution in [2.75, 3.05) is 50.9 Å². The van der Waals surface area contributed by atoms with Gasteiger partial charge in [-0.3, -0.25) is 14.7 Å². The van der Waals surface area contributed by atoms with Gasteiger partial charge in [-0.15, -0.1) is 0 Å². The van der Waals surface area contributed by atoms with Crippen LogP contribution in [0.3, 0.4) is 0 Å². The summed E-state index contributed by atoms with van der Waals surface area (Å²) in [5.41, 5.74) is 3.07. The lowest BCUT2D eigenvalue weighted by atomic mass is 10.2. The number of likely N-dealkylation sites (N-methyl/N-ethyl adjacent to an activating group) is 1. The summed E-state index contributed by atoms with van der Waals surface area (Å²) in [5, 5.41) is 17.6. The first kappa shape index (κ1) is 30.5. The summed E-state index contributed by atoms with van der Waals surface area (Å²) in [5.74, 6) is 7.23. The van der Waals surface area contributed by atoms with E-state index in [-0.39, 0.29) is 11.8 Å². The Hall–Kier alpha value is -4.50. The van der Waals surface area contributed by atoms with Crippen LogP contribution in [0.2, 0.25) is 0 Å². The highest BCUT2D eigenvalue weighted by molar-refractivity contribution is 5.93. The van der Waals surface area contributed by atoms with Crippen molar-refractivity contribution in [2.45, 2.75) is 52.0 Å². The lowest BCUT2D eigenvalue weighted by molar-refractivity contribution is -0.135. The van der Waals surface area contributed by atoms with Gasteiger partial charge in [0.1, 0.15) is 11.9 Å². The van der Waals surface area contributed by atoms with Gasteiger partial charge in [-0.2, -0.15) is 10.1 Å². The van der Waals surface area contributed by atoms with Crippen LogP contribution in [0, 0.1) is 18.8 Å². The second-order valence-electron chi connectivity index (χ2n) is 10.5. The van der Waals surface area contributed by atoms with E-state index < -0.39 is 6.04 Å². The van der Waals surface area contributed by atoms with Gasteiger partial charge in [0, 0.05) is 49.8 Å². The van der Waals surface area contributed by atoms with Crippen molar-refractivity contribution >= 4 is 40.3 Å². The van der Waals surface area contributed by atoms with Gasteiger partial charge in [-0.1, -0.05) is 24.8 Å². The van der Waals surface area contributed by atoms with Crippen LogP contribution in [0.5, 0.6) is 0 Å². The Morgan fingerprint density at radius 3 is 2.90 bits per heavy atom. The quantitative estimate of drug-likeness (QED) is 0.146. The SMILES string of the molecule is CCCNc1nc(Nc2cnc3n[nH]c(C)c3c2)ncc1C#CCCCNC(=O)[C@@H]1CCCN1C(=O)C=CCN(C)C. The van der Waals surface area contributed by atoms with E-state index in [1.165, 1.54) is 0 Å². The first-order chi connectivity index (χ1) is 20.4. The van der Waals surface area contributed by atoms with Gasteiger partial charge < -0.3 is 25.8 Å². The number of aryl methyl sites for hydroxylation is 1. The zero-order valence-corrected chi connectivity index (χ0v) is 24.8. The lowest BCUT2D eigenvalue weighted by Gasteiger charge is -2.22. The molecule has 4 N–H and O–H groups in total. The minimum absolute atomic E-state index is 0.102. The monoisotopic (exact) mass is 572 g/mol. The topological polar surface area (TPSA) is 144 Å². The van der Waals surface area contributed by atoms with E-state index in [0.717, 1.165) is 36.2 Å². The van der Waals surface area contributed by atoms with Gasteiger partial charge in [-0.25, -0.2) is 9.97 Å². The molecule has 12 heteroatoms. The third-order valence-corrected chi connectivity index (χ3v) is 6.76. The molecule has 222 valence electrons. The van der Waals surface area contributed by atoms with Gasteiger partial charge in [0.25, 0.3) is 0 Å². The second-order valence-corrected chi connectivity index (χ2v) is 10.5. The van der Waals surface area contributed by atoms with Crippen LogP contribution in [0.25, 0.3) is 11.0 Å². The molecule has 1 aliphatic rings. The minimum atomic E-state index is -0.412. The van der Waals surface area contributed by atoms with Crippen molar-refractivity contribution in [3.05, 3.63) is 41.9 Å². The fourth-order valence-electron chi connectivity index (χ4n) is 4.56. The molecule has 4 heterocycles. The molecule has 0 aromatic carbocycles. The largest absolute Gasteiger partial charge is 0.369 e. The molecule has 42 heavy (non-hydrogen) atoms. The number of nitrogens with one attached hydrogen (secondary N) is 4. The first-order valence-electron chi connectivity index (χ1n) is 14.4. The number of nitrogens with zero attached hydrogens (tertiary/aromatic N) is 6. The molecule has 3 aromatic rings. The smallest absolute Gasteiger partial charge is 0.246 e. The predicted octanol–water partition coefficient (Wildman–Crippen LogP) is 2.98. The number of carbonyl (C=O) groups is 2. The molecular formula is C30H40N10O2. The summed E-state index contributed by atoms with van der Waals surface area (Å²) < 4.78 is 0. The van der Waals surface area contributed by atoms with Crippen molar-refractivity contribution < 1.29 is 9.59 Å². The van der Waals surface area contributed by atoms with Crippen molar-refractivity contribution in [1.82, 2.24) is 40.3 Å². The van der Waals surface area contributed by atoms with Crippen molar-refractivity contribution in [3.63, 3.8) is 0 Å². The number of carbonyl (C=O) groups excluding carboxylic acids is 2. The van der Waals surface area contributed by atoms with Crippen molar-refractivity contribution in [1.29, 1.82) is 0 Å². The van der Waals surface area contributed by atoms with Gasteiger partial charge in [0.15, 0.2) is 5.65 Å². The maximum Gasteiger partial charge on any atom is 0.246 e. The molecule has 0 unspecified atom stereocenters. The Labute approximate surface area is 246 Å². The van der Waals surface area contributed by atoms with Crippen molar-refractivity contribution in [2.24, 2.45) is 0 Å². The summed E-state index contributed by atoms with van der Waals surface area (Å²) in [7, 11) is 3.89. The zero-order valence-electron chi connectivity index (χ0n) is 24.8. The Kier molecular flexibility index (Phi) is 10.8. The molecule has 1 saturated heterocycles. The molecule has 0 saturated carbocycles. The Morgan fingerprint density at radius 1 is 1.24 bits per heavy atom. The van der Waals surface area contributed by atoms with Crippen LogP contribution >= 0.6 is 0 Å². The molecule has 0 radical (unpaired) electrons. The maximum absolute atomic E-state index is 12.8. The van der Waals surface area contributed by atoms with E-state index >= 15 is 0 Å². The van der Waals surface area contributed by atoms with Crippen LogP contribution in [0.15, 0.2) is 30.6 Å².